The van der Waals surface area contributed by atoms with Crippen LogP contribution in [0.2, 0.25) is 0 Å². The van der Waals surface area contributed by atoms with Crippen LogP contribution in [0.5, 0.6) is 5.75 Å². The number of amides is 1. The Hall–Kier alpha value is -2.56. The fraction of sp³-hybridized carbons (Fsp3) is 0.200. The molecule has 0 saturated carbocycles. The van der Waals surface area contributed by atoms with Gasteiger partial charge in [-0.2, -0.15) is 0 Å². The summed E-state index contributed by atoms with van der Waals surface area (Å²) in [6.45, 7) is 2.31. The van der Waals surface area contributed by atoms with E-state index in [0.29, 0.717) is 23.5 Å². The van der Waals surface area contributed by atoms with E-state index < -0.39 is 0 Å². The molecule has 1 heterocycles. The van der Waals surface area contributed by atoms with Crippen LogP contribution in [0.4, 0.5) is 5.69 Å². The molecule has 0 radical (unpaired) electrons. The van der Waals surface area contributed by atoms with Crippen molar-refractivity contribution in [3.05, 3.63) is 53.3 Å². The van der Waals surface area contributed by atoms with E-state index in [9.17, 15) is 4.79 Å². The Morgan fingerprint density at radius 3 is 2.80 bits per heavy atom. The molecular weight excluding hydrogens is 254 g/mol. The molecule has 2 aromatic rings. The van der Waals surface area contributed by atoms with E-state index in [1.165, 1.54) is 7.11 Å². The van der Waals surface area contributed by atoms with Gasteiger partial charge in [-0.25, -0.2) is 0 Å². The van der Waals surface area contributed by atoms with Crippen molar-refractivity contribution in [2.45, 2.75) is 13.5 Å². The molecule has 0 saturated heterocycles. The van der Waals surface area contributed by atoms with Crippen LogP contribution < -0.4 is 15.8 Å². The number of ether oxygens (including phenoxy) is 1. The number of rotatable bonds is 4. The van der Waals surface area contributed by atoms with Gasteiger partial charge in [0.15, 0.2) is 0 Å². The Bertz CT molecular complexity index is 609. The van der Waals surface area contributed by atoms with E-state index in [2.05, 4.69) is 10.3 Å². The quantitative estimate of drug-likeness (QED) is 0.833. The van der Waals surface area contributed by atoms with Crippen LogP contribution in [0.25, 0.3) is 0 Å². The van der Waals surface area contributed by atoms with Crippen LogP contribution in [0.15, 0.2) is 36.5 Å². The zero-order valence-electron chi connectivity index (χ0n) is 11.5. The van der Waals surface area contributed by atoms with Crippen molar-refractivity contribution in [2.75, 3.05) is 12.8 Å². The number of benzene rings is 1. The average molecular weight is 271 g/mol. The fourth-order valence-electron chi connectivity index (χ4n) is 1.83. The molecule has 0 aliphatic heterocycles. The number of pyridine rings is 1. The Labute approximate surface area is 117 Å². The molecule has 1 amide bonds. The maximum atomic E-state index is 12.2. The third-order valence-corrected chi connectivity index (χ3v) is 2.93. The Balaban J connectivity index is 2.11. The number of nitrogen functional groups attached to an aromatic ring is 1. The number of aryl methyl sites for hydroxylation is 1. The van der Waals surface area contributed by atoms with Gasteiger partial charge in [-0.1, -0.05) is 12.1 Å². The van der Waals surface area contributed by atoms with Crippen molar-refractivity contribution in [1.82, 2.24) is 10.3 Å². The summed E-state index contributed by atoms with van der Waals surface area (Å²) < 4.78 is 5.16. The molecule has 104 valence electrons. The topological polar surface area (TPSA) is 77.2 Å². The molecule has 5 heteroatoms. The number of aromatic nitrogens is 1. The molecule has 0 atom stereocenters. The standard InChI is InChI=1S/C15H17N3O2/c1-10-6-7-11(8-17-10)9-18-15(19)14-12(16)4-3-5-13(14)20-2/h3-8H,9,16H2,1-2H3,(H,18,19). The number of carbonyl (C=O) groups is 1. The Morgan fingerprint density at radius 2 is 2.15 bits per heavy atom. The number of methoxy groups -OCH3 is 1. The van der Waals surface area contributed by atoms with Gasteiger partial charge < -0.3 is 15.8 Å². The predicted molar refractivity (Wildman–Crippen MR) is 77.6 cm³/mol. The zero-order valence-corrected chi connectivity index (χ0v) is 11.5. The van der Waals surface area contributed by atoms with Crippen molar-refractivity contribution in [3.63, 3.8) is 0 Å². The third-order valence-electron chi connectivity index (χ3n) is 2.93. The zero-order chi connectivity index (χ0) is 14.5. The minimum Gasteiger partial charge on any atom is -0.496 e. The number of nitrogens with two attached hydrogens (primary N) is 1. The highest BCUT2D eigenvalue weighted by Crippen LogP contribution is 2.23. The molecule has 0 spiro atoms. The van der Waals surface area contributed by atoms with Crippen LogP contribution in [0.3, 0.4) is 0 Å². The van der Waals surface area contributed by atoms with Gasteiger partial charge >= 0.3 is 0 Å². The highest BCUT2D eigenvalue weighted by molar-refractivity contribution is 6.01. The lowest BCUT2D eigenvalue weighted by atomic mass is 10.1. The van der Waals surface area contributed by atoms with Crippen molar-refractivity contribution < 1.29 is 9.53 Å². The molecule has 2 rings (SSSR count). The second kappa shape index (κ2) is 6.06. The summed E-state index contributed by atoms with van der Waals surface area (Å²) in [5.41, 5.74) is 8.45. The van der Waals surface area contributed by atoms with Crippen LogP contribution in [-0.2, 0) is 6.54 Å². The largest absolute Gasteiger partial charge is 0.496 e. The number of hydrogen-bond acceptors (Lipinski definition) is 4. The highest BCUT2D eigenvalue weighted by atomic mass is 16.5. The maximum Gasteiger partial charge on any atom is 0.257 e. The third kappa shape index (κ3) is 3.06. The predicted octanol–water partition coefficient (Wildman–Crippen LogP) is 1.91. The van der Waals surface area contributed by atoms with E-state index in [4.69, 9.17) is 10.5 Å². The first kappa shape index (κ1) is 13.9. The second-order valence-corrected chi connectivity index (χ2v) is 4.42. The molecule has 0 aliphatic carbocycles. The molecule has 0 unspecified atom stereocenters. The molecule has 5 nitrogen and oxygen atoms in total. The molecule has 1 aromatic carbocycles. The molecular formula is C15H17N3O2. The number of nitrogens with zero attached hydrogens (tertiary/aromatic N) is 1. The van der Waals surface area contributed by atoms with Gasteiger partial charge in [0.25, 0.3) is 5.91 Å². The van der Waals surface area contributed by atoms with E-state index in [0.717, 1.165) is 11.3 Å². The number of nitrogens with one attached hydrogen (secondary N) is 1. The van der Waals surface area contributed by atoms with Crippen molar-refractivity contribution in [2.24, 2.45) is 0 Å². The minimum atomic E-state index is -0.263. The van der Waals surface area contributed by atoms with Gasteiger partial charge in [0.2, 0.25) is 0 Å². The summed E-state index contributed by atoms with van der Waals surface area (Å²) in [7, 11) is 1.51. The average Bonchev–Trinajstić information content (AvgIpc) is 2.46. The van der Waals surface area contributed by atoms with E-state index in [-0.39, 0.29) is 5.91 Å². The highest BCUT2D eigenvalue weighted by Gasteiger charge is 2.15. The summed E-state index contributed by atoms with van der Waals surface area (Å²) in [6, 6.07) is 8.95. The maximum absolute atomic E-state index is 12.2. The molecule has 0 aliphatic rings. The molecule has 1 aromatic heterocycles. The van der Waals surface area contributed by atoms with Gasteiger partial charge in [0.1, 0.15) is 11.3 Å². The summed E-state index contributed by atoms with van der Waals surface area (Å²) in [6.07, 6.45) is 1.74. The lowest BCUT2D eigenvalue weighted by Crippen LogP contribution is -2.24. The van der Waals surface area contributed by atoms with Crippen molar-refractivity contribution in [3.8, 4) is 5.75 Å². The summed E-state index contributed by atoms with van der Waals surface area (Å²) in [5.74, 6) is 0.199. The monoisotopic (exact) mass is 271 g/mol. The number of anilines is 1. The normalized spacial score (nSPS) is 10.1. The Kier molecular flexibility index (Phi) is 4.20. The summed E-state index contributed by atoms with van der Waals surface area (Å²) in [4.78, 5) is 16.4. The van der Waals surface area contributed by atoms with E-state index >= 15 is 0 Å². The lowest BCUT2D eigenvalue weighted by molar-refractivity contribution is 0.0949. The van der Waals surface area contributed by atoms with Gasteiger partial charge in [0.05, 0.1) is 7.11 Å². The fourth-order valence-corrected chi connectivity index (χ4v) is 1.83. The first-order valence-electron chi connectivity index (χ1n) is 6.24. The van der Waals surface area contributed by atoms with E-state index in [1.807, 2.05) is 19.1 Å². The second-order valence-electron chi connectivity index (χ2n) is 4.42. The molecule has 20 heavy (non-hydrogen) atoms. The molecule has 0 bridgehead atoms. The van der Waals surface area contributed by atoms with Crippen LogP contribution in [-0.4, -0.2) is 18.0 Å². The van der Waals surface area contributed by atoms with Crippen LogP contribution >= 0.6 is 0 Å². The Morgan fingerprint density at radius 1 is 1.35 bits per heavy atom. The van der Waals surface area contributed by atoms with Gasteiger partial charge in [-0.3, -0.25) is 9.78 Å². The lowest BCUT2D eigenvalue weighted by Gasteiger charge is -2.11. The van der Waals surface area contributed by atoms with Gasteiger partial charge in [-0.15, -0.1) is 0 Å². The summed E-state index contributed by atoms with van der Waals surface area (Å²) >= 11 is 0. The first-order valence-corrected chi connectivity index (χ1v) is 6.24. The molecule has 0 fully saturated rings. The van der Waals surface area contributed by atoms with Crippen molar-refractivity contribution in [1.29, 1.82) is 0 Å². The van der Waals surface area contributed by atoms with E-state index in [1.54, 1.807) is 24.4 Å². The van der Waals surface area contributed by atoms with Gasteiger partial charge in [-0.05, 0) is 30.7 Å². The van der Waals surface area contributed by atoms with Crippen molar-refractivity contribution >= 4 is 11.6 Å². The minimum absolute atomic E-state index is 0.263. The number of hydrogen-bond donors (Lipinski definition) is 2. The summed E-state index contributed by atoms with van der Waals surface area (Å²) in [5, 5.41) is 2.81. The van der Waals surface area contributed by atoms with Crippen LogP contribution in [0.1, 0.15) is 21.6 Å². The van der Waals surface area contributed by atoms with Crippen LogP contribution in [0, 0.1) is 6.92 Å². The smallest absolute Gasteiger partial charge is 0.257 e. The van der Waals surface area contributed by atoms with Gasteiger partial charge in [0, 0.05) is 24.1 Å². The number of carbonyl (C=O) groups excluding carboxylic acids is 1. The SMILES string of the molecule is COc1cccc(N)c1C(=O)NCc1ccc(C)nc1. The molecule has 3 N–H and O–H groups in total. The first-order chi connectivity index (χ1) is 9.61.